The van der Waals surface area contributed by atoms with Crippen molar-refractivity contribution in [3.8, 4) is 0 Å². The molecule has 1 aromatic carbocycles. The molecule has 1 aromatic rings. The van der Waals surface area contributed by atoms with Crippen LogP contribution in [0.15, 0.2) is 24.3 Å². The summed E-state index contributed by atoms with van der Waals surface area (Å²) in [6, 6.07) is 7.70. The molecular weight excluding hydrogens is 427 g/mol. The minimum atomic E-state index is -7.18. The van der Waals surface area contributed by atoms with E-state index < -0.39 is 22.7 Å². The zero-order valence-electron chi connectivity index (χ0n) is 15.1. The van der Waals surface area contributed by atoms with E-state index >= 15 is 0 Å². The summed E-state index contributed by atoms with van der Waals surface area (Å²) in [4.78, 5) is 0. The molecule has 0 fully saturated rings. The van der Waals surface area contributed by atoms with Crippen molar-refractivity contribution in [3.63, 3.8) is 0 Å². The van der Waals surface area contributed by atoms with Crippen LogP contribution in [-0.2, 0) is 40.7 Å². The summed E-state index contributed by atoms with van der Waals surface area (Å²) in [6.45, 7) is 6.53. The fourth-order valence-corrected chi connectivity index (χ4v) is 0.908. The van der Waals surface area contributed by atoms with Gasteiger partial charge in [0.25, 0.3) is 0 Å². The predicted octanol–water partition coefficient (Wildman–Crippen LogP) is 3.00. The zero-order chi connectivity index (χ0) is 20.7. The van der Waals surface area contributed by atoms with Gasteiger partial charge in [0, 0.05) is 26.9 Å². The Balaban J connectivity index is -0.000000132. The van der Waals surface area contributed by atoms with Gasteiger partial charge >= 0.3 is 33.2 Å². The summed E-state index contributed by atoms with van der Waals surface area (Å²) in [5, 5.41) is 31.4. The van der Waals surface area contributed by atoms with Crippen LogP contribution in [0.3, 0.4) is 0 Å². The second kappa shape index (κ2) is 25.9. The van der Waals surface area contributed by atoms with Crippen molar-refractivity contribution in [2.45, 2.75) is 34.0 Å². The molecule has 25 heavy (non-hydrogen) atoms. The van der Waals surface area contributed by atoms with Gasteiger partial charge in [-0.05, 0) is 31.9 Å². The van der Waals surface area contributed by atoms with Crippen molar-refractivity contribution in [3.05, 3.63) is 35.4 Å². The van der Waals surface area contributed by atoms with Crippen LogP contribution in [0, 0.1) is 0 Å². The normalized spacial score (nSPS) is 8.96. The Morgan fingerprint density at radius 3 is 1.20 bits per heavy atom. The Morgan fingerprint density at radius 1 is 0.760 bits per heavy atom. The molecule has 152 valence electrons. The number of aliphatic hydroxyl groups is 4. The van der Waals surface area contributed by atoms with E-state index in [0.29, 0.717) is 6.61 Å². The van der Waals surface area contributed by atoms with Gasteiger partial charge in [0.2, 0.25) is 0 Å². The molecule has 4 N–H and O–H groups in total. The van der Waals surface area contributed by atoms with Gasteiger partial charge in [-0.25, -0.2) is 0 Å². The van der Waals surface area contributed by atoms with E-state index in [9.17, 15) is 10.5 Å². The van der Waals surface area contributed by atoms with Gasteiger partial charge in [-0.2, -0.15) is 0 Å². The quantitative estimate of drug-likeness (QED) is 0.524. The third-order valence-corrected chi connectivity index (χ3v) is 1.52. The minimum absolute atomic E-state index is 0.104. The first kappa shape index (κ1) is 32.3. The molecule has 0 atom stereocenters. The fraction of sp³-hybridized carbons (Fsp3) is 0.600. The number of methoxy groups -OCH3 is 1. The molecule has 10 heteroatoms. The van der Waals surface area contributed by atoms with E-state index in [4.69, 9.17) is 25.2 Å². The first-order chi connectivity index (χ1) is 11.6. The molecule has 0 saturated carbocycles. The predicted molar refractivity (Wildman–Crippen MR) is 85.8 cm³/mol. The van der Waals surface area contributed by atoms with Crippen LogP contribution in [0.4, 0.5) is 10.5 Å². The third kappa shape index (κ3) is 51.7. The van der Waals surface area contributed by atoms with E-state index in [0.717, 1.165) is 11.1 Å². The van der Waals surface area contributed by atoms with Gasteiger partial charge in [-0.3, -0.25) is 0 Å². The molecule has 0 amide bonds. The van der Waals surface area contributed by atoms with Crippen molar-refractivity contribution in [1.82, 2.24) is 0 Å². The molecule has 0 aliphatic carbocycles. The summed E-state index contributed by atoms with van der Waals surface area (Å²) in [5.74, 6) is 0. The van der Waals surface area contributed by atoms with Gasteiger partial charge in [0.05, 0.1) is 13.2 Å². The van der Waals surface area contributed by atoms with Crippen molar-refractivity contribution in [1.29, 1.82) is 0 Å². The second-order valence-corrected chi connectivity index (χ2v) is 5.89. The maximum absolute atomic E-state index is 9.90. The number of ether oxygens (including phenoxy) is 1. The maximum atomic E-state index is 9.90. The first-order valence-corrected chi connectivity index (χ1v) is 11.1. The molecule has 0 aliphatic rings. The number of halogens is 4. The molecule has 0 spiro atoms. The van der Waals surface area contributed by atoms with Crippen LogP contribution >= 0.6 is 0 Å². The van der Waals surface area contributed by atoms with Crippen LogP contribution in [-0.4, -0.2) is 47.4 Å². The molecule has 1 rings (SSSR count). The molecule has 5 nitrogen and oxygen atoms in total. The monoisotopic (exact) mass is 456 g/mol. The summed E-state index contributed by atoms with van der Waals surface area (Å²) in [5.41, 5.74) is 2.06. The van der Waals surface area contributed by atoms with Crippen LogP contribution < -0.4 is 0 Å². The fourth-order valence-electron chi connectivity index (χ4n) is 0.908. The molecule has 0 saturated heterocycles. The molecule has 0 heterocycles. The number of hydrogen-bond donors (Lipinski definition) is 4. The number of hydrogen-bond acceptors (Lipinski definition) is 5. The Morgan fingerprint density at radius 2 is 1.00 bits per heavy atom. The van der Waals surface area contributed by atoms with E-state index in [1.807, 2.05) is 24.3 Å². The van der Waals surface area contributed by atoms with Gasteiger partial charge in [-0.15, -0.1) is 0 Å². The molecule has 0 unspecified atom stereocenters. The topological polar surface area (TPSA) is 90.2 Å². The van der Waals surface area contributed by atoms with E-state index in [1.165, 1.54) is 0 Å². The Kier molecular flexibility index (Phi) is 33.4. The van der Waals surface area contributed by atoms with Crippen molar-refractivity contribution in [2.75, 3.05) is 26.9 Å². The number of aliphatic hydroxyl groups excluding tert-OH is 4. The molecule has 0 aliphatic heterocycles. The number of benzene rings is 1. The van der Waals surface area contributed by atoms with Gasteiger partial charge in [0.15, 0.2) is 0 Å². The molecule has 0 radical (unpaired) electrons. The van der Waals surface area contributed by atoms with Crippen molar-refractivity contribution < 1.29 is 58.4 Å². The standard InChI is InChI=1S/C9H12O2.3C2H6O.4FH.Zr/c1-11-7-9-4-2-8(6-10)3-5-9;3*1-2-3;;;;;/h2-5,10H,6-7H2,1H3;3*3H,2H2,1H3;4*1H;/q;;;;;;;;+4/p-4. The van der Waals surface area contributed by atoms with Crippen LogP contribution in [0.1, 0.15) is 31.9 Å². The van der Waals surface area contributed by atoms with Gasteiger partial charge < -0.3 is 25.2 Å². The van der Waals surface area contributed by atoms with Gasteiger partial charge in [-0.1, -0.05) is 24.3 Å². The SMILES string of the molecule is CCO.CCO.CCO.COCc1ccc(CO)cc1.[F][Zr]([F])([F])[F]. The first-order valence-electron chi connectivity index (χ1n) is 7.37. The Hall–Kier alpha value is -0.377. The average molecular weight is 458 g/mol. The Bertz CT molecular complexity index is 327. The average Bonchev–Trinajstić information content (AvgIpc) is 2.49. The van der Waals surface area contributed by atoms with Crippen molar-refractivity contribution >= 4 is 0 Å². The van der Waals surface area contributed by atoms with Crippen LogP contribution in [0.25, 0.3) is 0 Å². The summed E-state index contributed by atoms with van der Waals surface area (Å²) >= 11 is -7.18. The molecule has 0 aromatic heterocycles. The number of rotatable bonds is 3. The zero-order valence-corrected chi connectivity index (χ0v) is 17.5. The second-order valence-electron chi connectivity index (χ2n) is 3.78. The summed E-state index contributed by atoms with van der Waals surface area (Å²) < 4.78 is 44.5. The summed E-state index contributed by atoms with van der Waals surface area (Å²) in [6.07, 6.45) is 0. The van der Waals surface area contributed by atoms with E-state index in [-0.39, 0.29) is 26.4 Å². The molecular formula is C15H30F4O5Zr. The molecule has 0 bridgehead atoms. The van der Waals surface area contributed by atoms with Crippen LogP contribution in [0.5, 0.6) is 0 Å². The van der Waals surface area contributed by atoms with E-state index in [2.05, 4.69) is 0 Å². The summed E-state index contributed by atoms with van der Waals surface area (Å²) in [7, 11) is 1.67. The van der Waals surface area contributed by atoms with Gasteiger partial charge in [0.1, 0.15) is 0 Å². The van der Waals surface area contributed by atoms with Crippen LogP contribution in [0.2, 0.25) is 0 Å². The third-order valence-electron chi connectivity index (χ3n) is 1.52. The van der Waals surface area contributed by atoms with E-state index in [1.54, 1.807) is 27.9 Å². The van der Waals surface area contributed by atoms with Crippen molar-refractivity contribution in [2.24, 2.45) is 0 Å². The Labute approximate surface area is 154 Å².